The summed E-state index contributed by atoms with van der Waals surface area (Å²) in [4.78, 5) is 10.6. The molecule has 0 aromatic heterocycles. The Morgan fingerprint density at radius 2 is 1.79 bits per heavy atom. The number of rotatable bonds is 2. The average molecular weight is 195 g/mol. The van der Waals surface area contributed by atoms with E-state index in [1.54, 1.807) is 0 Å². The Morgan fingerprint density at radius 3 is 2.57 bits per heavy atom. The smallest absolute Gasteiger partial charge is 0.0417 e. The number of fused-ring (bicyclic) bond motifs is 1. The van der Waals surface area contributed by atoms with Crippen LogP contribution in [0.15, 0.2) is 0 Å². The number of carboxylic acid groups (broad SMARTS) is 1. The van der Waals surface area contributed by atoms with Crippen molar-refractivity contribution in [2.75, 3.05) is 0 Å². The van der Waals surface area contributed by atoms with E-state index >= 15 is 0 Å². The second-order valence-corrected chi connectivity index (χ2v) is 4.98. The van der Waals surface area contributed by atoms with Crippen molar-refractivity contribution in [2.45, 2.75) is 51.4 Å². The van der Waals surface area contributed by atoms with E-state index in [0.717, 1.165) is 12.3 Å². The first-order chi connectivity index (χ1) is 6.77. The van der Waals surface area contributed by atoms with Crippen LogP contribution in [0.2, 0.25) is 0 Å². The highest BCUT2D eigenvalue weighted by Gasteiger charge is 2.34. The number of carbonyl (C=O) groups is 1. The highest BCUT2D eigenvalue weighted by Crippen LogP contribution is 2.44. The van der Waals surface area contributed by atoms with Crippen LogP contribution in [0.25, 0.3) is 0 Å². The Kier molecular flexibility index (Phi) is 3.09. The van der Waals surface area contributed by atoms with Gasteiger partial charge in [-0.25, -0.2) is 0 Å². The average Bonchev–Trinajstić information content (AvgIpc) is 2.18. The number of hydrogen-bond donors (Lipinski definition) is 0. The first-order valence-electron chi connectivity index (χ1n) is 5.97. The third-order valence-corrected chi connectivity index (χ3v) is 4.15. The summed E-state index contributed by atoms with van der Waals surface area (Å²) in [6.07, 6.45) is 9.28. The highest BCUT2D eigenvalue weighted by molar-refractivity contribution is 5.64. The van der Waals surface area contributed by atoms with Gasteiger partial charge < -0.3 is 9.90 Å². The van der Waals surface area contributed by atoms with Crippen molar-refractivity contribution in [3.8, 4) is 0 Å². The zero-order valence-corrected chi connectivity index (χ0v) is 8.71. The molecule has 3 atom stereocenters. The van der Waals surface area contributed by atoms with Gasteiger partial charge in [0.2, 0.25) is 0 Å². The van der Waals surface area contributed by atoms with Crippen LogP contribution < -0.4 is 5.11 Å². The summed E-state index contributed by atoms with van der Waals surface area (Å²) in [5.74, 6) is 1.12. The van der Waals surface area contributed by atoms with E-state index in [0.29, 0.717) is 18.3 Å². The molecule has 0 aromatic carbocycles. The number of hydrogen-bond acceptors (Lipinski definition) is 2. The Bertz CT molecular complexity index is 210. The molecule has 2 fully saturated rings. The van der Waals surface area contributed by atoms with Gasteiger partial charge in [-0.1, -0.05) is 32.1 Å². The molecule has 2 heteroatoms. The lowest BCUT2D eigenvalue weighted by molar-refractivity contribution is -0.307. The van der Waals surface area contributed by atoms with Crippen molar-refractivity contribution in [1.82, 2.24) is 0 Å². The predicted octanol–water partition coefficient (Wildman–Crippen LogP) is 1.73. The molecule has 0 heterocycles. The van der Waals surface area contributed by atoms with Gasteiger partial charge in [-0.3, -0.25) is 0 Å². The Hall–Kier alpha value is -0.530. The van der Waals surface area contributed by atoms with E-state index in [1.807, 2.05) is 0 Å². The van der Waals surface area contributed by atoms with Crippen molar-refractivity contribution in [3.05, 3.63) is 0 Å². The molecule has 80 valence electrons. The van der Waals surface area contributed by atoms with Gasteiger partial charge in [-0.05, 0) is 37.0 Å². The summed E-state index contributed by atoms with van der Waals surface area (Å²) in [6, 6.07) is 0. The van der Waals surface area contributed by atoms with E-state index in [4.69, 9.17) is 0 Å². The molecule has 0 aliphatic heterocycles. The fraction of sp³-hybridized carbons (Fsp3) is 0.917. The fourth-order valence-corrected chi connectivity index (χ4v) is 3.54. The molecule has 2 aliphatic rings. The third kappa shape index (κ3) is 2.10. The number of carboxylic acids is 1. The third-order valence-electron chi connectivity index (χ3n) is 4.15. The van der Waals surface area contributed by atoms with Gasteiger partial charge in [-0.15, -0.1) is 0 Å². The van der Waals surface area contributed by atoms with Crippen molar-refractivity contribution in [3.63, 3.8) is 0 Å². The summed E-state index contributed by atoms with van der Waals surface area (Å²) in [6.45, 7) is 0. The Balaban J connectivity index is 1.97. The van der Waals surface area contributed by atoms with Crippen LogP contribution >= 0.6 is 0 Å². The van der Waals surface area contributed by atoms with Crippen LogP contribution in [-0.2, 0) is 4.79 Å². The van der Waals surface area contributed by atoms with Gasteiger partial charge in [0.15, 0.2) is 0 Å². The maximum atomic E-state index is 10.6. The van der Waals surface area contributed by atoms with Gasteiger partial charge in [0.25, 0.3) is 0 Å². The zero-order valence-electron chi connectivity index (χ0n) is 8.71. The van der Waals surface area contributed by atoms with Gasteiger partial charge in [0.05, 0.1) is 0 Å². The standard InChI is InChI=1S/C12H20O2/c13-12(14)8-10-6-3-5-9-4-1-2-7-11(9)10/h9-11H,1-8H2,(H,13,14)/p-1/t9-,10+,11-/m0/s1. The molecule has 0 radical (unpaired) electrons. The molecule has 14 heavy (non-hydrogen) atoms. The van der Waals surface area contributed by atoms with Crippen molar-refractivity contribution in [1.29, 1.82) is 0 Å². The molecule has 0 amide bonds. The quantitative estimate of drug-likeness (QED) is 0.673. The summed E-state index contributed by atoms with van der Waals surface area (Å²) in [5.41, 5.74) is 0. The Labute approximate surface area is 85.7 Å². The topological polar surface area (TPSA) is 40.1 Å². The van der Waals surface area contributed by atoms with Gasteiger partial charge in [0, 0.05) is 5.97 Å². The minimum Gasteiger partial charge on any atom is -0.550 e. The minimum atomic E-state index is -0.846. The molecular formula is C12H19O2-. The minimum absolute atomic E-state index is 0.307. The largest absolute Gasteiger partial charge is 0.550 e. The summed E-state index contributed by atoms with van der Waals surface area (Å²) in [5, 5.41) is 10.6. The fourth-order valence-electron chi connectivity index (χ4n) is 3.54. The zero-order chi connectivity index (χ0) is 9.97. The van der Waals surface area contributed by atoms with Gasteiger partial charge in [-0.2, -0.15) is 0 Å². The number of aliphatic carboxylic acids is 1. The first kappa shape index (κ1) is 10.0. The molecule has 0 aromatic rings. The summed E-state index contributed by atoms with van der Waals surface area (Å²) in [7, 11) is 0. The Morgan fingerprint density at radius 1 is 1.07 bits per heavy atom. The normalized spacial score (nSPS) is 37.6. The maximum absolute atomic E-state index is 10.6. The van der Waals surface area contributed by atoms with Crippen molar-refractivity contribution < 1.29 is 9.90 Å². The van der Waals surface area contributed by atoms with Crippen LogP contribution in [0.5, 0.6) is 0 Å². The van der Waals surface area contributed by atoms with Gasteiger partial charge in [0.1, 0.15) is 0 Å². The molecule has 2 saturated carbocycles. The highest BCUT2D eigenvalue weighted by atomic mass is 16.4. The van der Waals surface area contributed by atoms with E-state index in [1.165, 1.54) is 38.5 Å². The van der Waals surface area contributed by atoms with Crippen molar-refractivity contribution >= 4 is 5.97 Å². The van der Waals surface area contributed by atoms with Crippen LogP contribution in [0.4, 0.5) is 0 Å². The summed E-state index contributed by atoms with van der Waals surface area (Å²) < 4.78 is 0. The maximum Gasteiger partial charge on any atom is 0.0417 e. The van der Waals surface area contributed by atoms with Crippen LogP contribution in [0.1, 0.15) is 51.4 Å². The molecule has 0 saturated heterocycles. The first-order valence-corrected chi connectivity index (χ1v) is 5.97. The monoisotopic (exact) mass is 195 g/mol. The lowest BCUT2D eigenvalue weighted by atomic mass is 9.65. The molecular weight excluding hydrogens is 176 g/mol. The molecule has 2 nitrogen and oxygen atoms in total. The van der Waals surface area contributed by atoms with Crippen LogP contribution in [-0.4, -0.2) is 5.97 Å². The van der Waals surface area contributed by atoms with Crippen molar-refractivity contribution in [2.24, 2.45) is 17.8 Å². The molecule has 0 bridgehead atoms. The second-order valence-electron chi connectivity index (χ2n) is 4.98. The lowest BCUT2D eigenvalue weighted by Crippen LogP contribution is -2.35. The molecule has 2 rings (SSSR count). The predicted molar refractivity (Wildman–Crippen MR) is 52.4 cm³/mol. The lowest BCUT2D eigenvalue weighted by Gasteiger charge is -2.41. The number of carbonyl (C=O) groups excluding carboxylic acids is 1. The van der Waals surface area contributed by atoms with Crippen LogP contribution in [0.3, 0.4) is 0 Å². The van der Waals surface area contributed by atoms with E-state index in [9.17, 15) is 9.90 Å². The molecule has 0 unspecified atom stereocenters. The van der Waals surface area contributed by atoms with E-state index < -0.39 is 5.97 Å². The van der Waals surface area contributed by atoms with Gasteiger partial charge >= 0.3 is 0 Å². The van der Waals surface area contributed by atoms with Crippen LogP contribution in [0, 0.1) is 17.8 Å². The molecule has 2 aliphatic carbocycles. The SMILES string of the molecule is O=C([O-])C[C@H]1CCC[C@@H]2CCCC[C@@H]21. The molecule has 0 spiro atoms. The van der Waals surface area contributed by atoms with E-state index in [-0.39, 0.29) is 0 Å². The second kappa shape index (κ2) is 4.33. The molecule has 0 N–H and O–H groups in total. The summed E-state index contributed by atoms with van der Waals surface area (Å²) >= 11 is 0. The van der Waals surface area contributed by atoms with E-state index in [2.05, 4.69) is 0 Å².